The van der Waals surface area contributed by atoms with Gasteiger partial charge in [0.05, 0.1) is 6.04 Å². The largest absolute Gasteiger partial charge is 0.260 e. The summed E-state index contributed by atoms with van der Waals surface area (Å²) in [6.45, 7) is 1.99. The average molecular weight is 220 g/mol. The van der Waals surface area contributed by atoms with E-state index in [1.54, 1.807) is 10.9 Å². The Labute approximate surface area is 84.0 Å². The standard InChI is InChI=1S/C6H12N4OS2/c1-5(3-4-13(2)11)10-6(12)7-8-9-10/h5H,3-4H2,1-2H3,(H,7,9,12). The SMILES string of the molecule is CC(CCS(C)=O)n1[nH]nnc1=S. The van der Waals surface area contributed by atoms with Crippen molar-refractivity contribution >= 4 is 23.0 Å². The van der Waals surface area contributed by atoms with Crippen molar-refractivity contribution in [1.29, 1.82) is 0 Å². The van der Waals surface area contributed by atoms with Gasteiger partial charge in [-0.3, -0.25) is 4.21 Å². The molecule has 0 saturated heterocycles. The minimum absolute atomic E-state index is 0.173. The van der Waals surface area contributed by atoms with Crippen LogP contribution < -0.4 is 0 Å². The fraction of sp³-hybridized carbons (Fsp3) is 0.833. The number of H-pyrrole nitrogens is 1. The number of nitrogens with zero attached hydrogens (tertiary/aromatic N) is 3. The molecule has 1 aromatic rings. The molecule has 1 heterocycles. The third kappa shape index (κ3) is 3.00. The molecule has 7 heteroatoms. The Morgan fingerprint density at radius 2 is 2.46 bits per heavy atom. The quantitative estimate of drug-likeness (QED) is 0.757. The summed E-state index contributed by atoms with van der Waals surface area (Å²) >= 11 is 4.92. The first-order chi connectivity index (χ1) is 6.11. The zero-order valence-electron chi connectivity index (χ0n) is 7.56. The van der Waals surface area contributed by atoms with E-state index in [4.69, 9.17) is 12.2 Å². The Morgan fingerprint density at radius 3 is 2.92 bits per heavy atom. The lowest BCUT2D eigenvalue weighted by atomic mass is 10.3. The summed E-state index contributed by atoms with van der Waals surface area (Å²) in [6.07, 6.45) is 2.50. The van der Waals surface area contributed by atoms with Gasteiger partial charge in [-0.25, -0.2) is 4.68 Å². The van der Waals surface area contributed by atoms with Crippen LogP contribution in [0.3, 0.4) is 0 Å². The van der Waals surface area contributed by atoms with Gasteiger partial charge in [0.25, 0.3) is 0 Å². The van der Waals surface area contributed by atoms with Gasteiger partial charge in [-0.2, -0.15) is 5.21 Å². The maximum absolute atomic E-state index is 10.8. The van der Waals surface area contributed by atoms with Crippen molar-refractivity contribution in [3.8, 4) is 0 Å². The molecular weight excluding hydrogens is 208 g/mol. The second-order valence-corrected chi connectivity index (χ2v) is 4.79. The Kier molecular flexibility index (Phi) is 3.73. The maximum Gasteiger partial charge on any atom is 0.238 e. The van der Waals surface area contributed by atoms with E-state index in [2.05, 4.69) is 15.5 Å². The molecule has 0 aliphatic heterocycles. The molecule has 0 aliphatic rings. The first kappa shape index (κ1) is 10.5. The van der Waals surface area contributed by atoms with Crippen molar-refractivity contribution < 1.29 is 4.21 Å². The first-order valence-corrected chi connectivity index (χ1v) is 6.04. The molecule has 1 aromatic heterocycles. The summed E-state index contributed by atoms with van der Waals surface area (Å²) in [5, 5.41) is 9.92. The Hall–Kier alpha value is -0.560. The summed E-state index contributed by atoms with van der Waals surface area (Å²) in [6, 6.07) is 0.173. The zero-order valence-corrected chi connectivity index (χ0v) is 9.19. The monoisotopic (exact) mass is 220 g/mol. The summed E-state index contributed by atoms with van der Waals surface area (Å²) in [7, 11) is -0.756. The van der Waals surface area contributed by atoms with Crippen molar-refractivity contribution in [3.63, 3.8) is 0 Å². The van der Waals surface area contributed by atoms with E-state index in [1.807, 2.05) is 6.92 Å². The molecule has 5 nitrogen and oxygen atoms in total. The Morgan fingerprint density at radius 1 is 1.77 bits per heavy atom. The molecule has 2 unspecified atom stereocenters. The smallest absolute Gasteiger partial charge is 0.238 e. The van der Waals surface area contributed by atoms with Crippen molar-refractivity contribution in [1.82, 2.24) is 20.2 Å². The molecule has 0 bridgehead atoms. The van der Waals surface area contributed by atoms with Crippen LogP contribution in [0.1, 0.15) is 19.4 Å². The van der Waals surface area contributed by atoms with E-state index >= 15 is 0 Å². The number of nitrogens with one attached hydrogen (secondary N) is 1. The minimum atomic E-state index is -0.756. The van der Waals surface area contributed by atoms with Crippen LogP contribution in [0.2, 0.25) is 0 Å². The van der Waals surface area contributed by atoms with Crippen molar-refractivity contribution in [2.75, 3.05) is 12.0 Å². The van der Waals surface area contributed by atoms with E-state index in [0.717, 1.165) is 6.42 Å². The highest BCUT2D eigenvalue weighted by Crippen LogP contribution is 2.08. The first-order valence-electron chi connectivity index (χ1n) is 3.91. The van der Waals surface area contributed by atoms with Gasteiger partial charge in [0, 0.05) is 22.8 Å². The molecule has 74 valence electrons. The minimum Gasteiger partial charge on any atom is -0.260 e. The van der Waals surface area contributed by atoms with Crippen LogP contribution in [-0.2, 0) is 10.8 Å². The van der Waals surface area contributed by atoms with Gasteiger partial charge >= 0.3 is 0 Å². The van der Waals surface area contributed by atoms with Crippen LogP contribution in [0.15, 0.2) is 0 Å². The summed E-state index contributed by atoms with van der Waals surface area (Å²) in [5.74, 6) is 0.669. The number of tetrazole rings is 1. The predicted molar refractivity (Wildman–Crippen MR) is 53.5 cm³/mol. The fourth-order valence-electron chi connectivity index (χ4n) is 0.957. The molecule has 2 atom stereocenters. The average Bonchev–Trinajstić information content (AvgIpc) is 2.47. The Bertz CT molecular complexity index is 344. The molecule has 0 spiro atoms. The van der Waals surface area contributed by atoms with Gasteiger partial charge in [0.15, 0.2) is 0 Å². The zero-order chi connectivity index (χ0) is 9.84. The maximum atomic E-state index is 10.8. The topological polar surface area (TPSA) is 63.6 Å². The van der Waals surface area contributed by atoms with E-state index in [-0.39, 0.29) is 6.04 Å². The highest BCUT2D eigenvalue weighted by atomic mass is 32.2. The molecule has 1 N–H and O–H groups in total. The molecule has 0 saturated carbocycles. The number of hydrogen-bond donors (Lipinski definition) is 1. The number of hydrogen-bond acceptors (Lipinski definition) is 4. The molecule has 0 aromatic carbocycles. The molecule has 0 amide bonds. The number of aromatic amines is 1. The van der Waals surface area contributed by atoms with E-state index in [9.17, 15) is 4.21 Å². The normalized spacial score (nSPS) is 15.5. The second kappa shape index (κ2) is 4.61. The number of rotatable bonds is 4. The van der Waals surface area contributed by atoms with Gasteiger partial charge in [-0.1, -0.05) is 10.3 Å². The summed E-state index contributed by atoms with van der Waals surface area (Å²) in [5.41, 5.74) is 0. The Balaban J connectivity index is 2.59. The molecule has 1 rings (SSSR count). The third-order valence-electron chi connectivity index (χ3n) is 1.76. The lowest BCUT2D eigenvalue weighted by Gasteiger charge is -2.09. The van der Waals surface area contributed by atoms with Crippen LogP contribution >= 0.6 is 12.2 Å². The lowest BCUT2D eigenvalue weighted by molar-refractivity contribution is 0.461. The van der Waals surface area contributed by atoms with Gasteiger partial charge in [0.1, 0.15) is 0 Å². The van der Waals surface area contributed by atoms with Crippen molar-refractivity contribution in [3.05, 3.63) is 4.77 Å². The van der Waals surface area contributed by atoms with Crippen molar-refractivity contribution in [2.24, 2.45) is 0 Å². The van der Waals surface area contributed by atoms with E-state index in [1.165, 1.54) is 0 Å². The van der Waals surface area contributed by atoms with Crippen LogP contribution in [0.5, 0.6) is 0 Å². The highest BCUT2D eigenvalue weighted by Gasteiger charge is 2.07. The highest BCUT2D eigenvalue weighted by molar-refractivity contribution is 7.84. The molecule has 0 fully saturated rings. The second-order valence-electron chi connectivity index (χ2n) is 2.87. The molecule has 13 heavy (non-hydrogen) atoms. The molecule has 0 radical (unpaired) electrons. The van der Waals surface area contributed by atoms with Gasteiger partial charge < -0.3 is 0 Å². The summed E-state index contributed by atoms with van der Waals surface area (Å²) in [4.78, 5) is 0. The molecular formula is C6H12N4OS2. The fourth-order valence-corrected chi connectivity index (χ4v) is 1.89. The van der Waals surface area contributed by atoms with E-state index in [0.29, 0.717) is 10.5 Å². The van der Waals surface area contributed by atoms with Crippen LogP contribution in [0.4, 0.5) is 0 Å². The van der Waals surface area contributed by atoms with Gasteiger partial charge in [-0.15, -0.1) is 0 Å². The van der Waals surface area contributed by atoms with Crippen LogP contribution in [0.25, 0.3) is 0 Å². The van der Waals surface area contributed by atoms with Gasteiger partial charge in [0.2, 0.25) is 4.77 Å². The van der Waals surface area contributed by atoms with Gasteiger partial charge in [-0.05, 0) is 25.6 Å². The lowest BCUT2D eigenvalue weighted by Crippen LogP contribution is -2.10. The van der Waals surface area contributed by atoms with Crippen molar-refractivity contribution in [2.45, 2.75) is 19.4 Å². The summed E-state index contributed by atoms with van der Waals surface area (Å²) < 4.78 is 13.0. The predicted octanol–water partition coefficient (Wildman–Crippen LogP) is 0.665. The van der Waals surface area contributed by atoms with Crippen LogP contribution in [0, 0.1) is 4.77 Å². The molecule has 0 aliphatic carbocycles. The van der Waals surface area contributed by atoms with E-state index < -0.39 is 10.8 Å². The van der Waals surface area contributed by atoms with Crippen LogP contribution in [-0.4, -0.2) is 36.4 Å². The number of aromatic nitrogens is 4. The third-order valence-corrected chi connectivity index (χ3v) is 2.85.